The Kier molecular flexibility index (Phi) is 13.7. The SMILES string of the molecule is CCCCCCCCCCCCCCCCCCN1N=C(C)N(N)C1C. The van der Waals surface area contributed by atoms with Gasteiger partial charge < -0.3 is 0 Å². The van der Waals surface area contributed by atoms with E-state index in [0.29, 0.717) is 0 Å². The number of hydrazine groups is 1. The molecule has 0 radical (unpaired) electrons. The summed E-state index contributed by atoms with van der Waals surface area (Å²) in [6.07, 6.45) is 22.8. The first-order valence-electron chi connectivity index (χ1n) is 11.5. The van der Waals surface area contributed by atoms with Gasteiger partial charge in [-0.25, -0.2) is 5.84 Å². The van der Waals surface area contributed by atoms with Gasteiger partial charge in [0.25, 0.3) is 0 Å². The molecule has 0 aromatic rings. The fourth-order valence-corrected chi connectivity index (χ4v) is 3.79. The second kappa shape index (κ2) is 15.3. The Morgan fingerprint density at radius 3 is 1.46 bits per heavy atom. The minimum absolute atomic E-state index is 0.214. The molecule has 2 N–H and O–H groups in total. The molecule has 0 saturated heterocycles. The van der Waals surface area contributed by atoms with Gasteiger partial charge in [-0.3, -0.25) is 10.0 Å². The van der Waals surface area contributed by atoms with Crippen molar-refractivity contribution in [2.45, 2.75) is 130 Å². The van der Waals surface area contributed by atoms with E-state index in [2.05, 4.69) is 24.0 Å². The van der Waals surface area contributed by atoms with Crippen molar-refractivity contribution in [3.05, 3.63) is 0 Å². The predicted octanol–water partition coefficient (Wildman–Crippen LogP) is 6.42. The minimum Gasteiger partial charge on any atom is -0.273 e. The van der Waals surface area contributed by atoms with Crippen LogP contribution in [0.4, 0.5) is 0 Å². The van der Waals surface area contributed by atoms with Gasteiger partial charge in [-0.05, 0) is 20.3 Å². The van der Waals surface area contributed by atoms with Gasteiger partial charge in [-0.1, -0.05) is 103 Å². The quantitative estimate of drug-likeness (QED) is 0.239. The van der Waals surface area contributed by atoms with Crippen LogP contribution in [0.5, 0.6) is 0 Å². The fourth-order valence-electron chi connectivity index (χ4n) is 3.79. The number of hydrazone groups is 1. The summed E-state index contributed by atoms with van der Waals surface area (Å²) >= 11 is 0. The number of amidine groups is 1. The van der Waals surface area contributed by atoms with E-state index in [4.69, 9.17) is 5.84 Å². The third-order valence-electron chi connectivity index (χ3n) is 5.72. The molecule has 0 bridgehead atoms. The second-order valence-corrected chi connectivity index (χ2v) is 8.15. The zero-order chi connectivity index (χ0) is 19.0. The van der Waals surface area contributed by atoms with E-state index in [9.17, 15) is 0 Å². The summed E-state index contributed by atoms with van der Waals surface area (Å²) in [5, 5.41) is 8.39. The molecule has 1 aliphatic rings. The van der Waals surface area contributed by atoms with Crippen molar-refractivity contribution >= 4 is 5.84 Å². The van der Waals surface area contributed by atoms with Crippen LogP contribution in [0.15, 0.2) is 5.10 Å². The highest BCUT2D eigenvalue weighted by Gasteiger charge is 2.24. The third-order valence-corrected chi connectivity index (χ3v) is 5.72. The third kappa shape index (κ3) is 10.4. The van der Waals surface area contributed by atoms with Crippen LogP contribution in [-0.2, 0) is 0 Å². The van der Waals surface area contributed by atoms with Gasteiger partial charge in [0, 0.05) is 6.54 Å². The Morgan fingerprint density at radius 2 is 1.12 bits per heavy atom. The van der Waals surface area contributed by atoms with Crippen molar-refractivity contribution in [2.24, 2.45) is 10.9 Å². The molecule has 0 aromatic heterocycles. The highest BCUT2D eigenvalue weighted by Crippen LogP contribution is 2.16. The number of nitrogens with two attached hydrogens (primary N) is 1. The normalized spacial score (nSPS) is 17.2. The molecule has 4 heteroatoms. The molecule has 0 amide bonds. The Bertz CT molecular complexity index is 356. The molecule has 154 valence electrons. The molecule has 1 atom stereocenters. The Morgan fingerprint density at radius 1 is 0.731 bits per heavy atom. The summed E-state index contributed by atoms with van der Waals surface area (Å²) in [4.78, 5) is 0. The van der Waals surface area contributed by atoms with E-state index in [1.165, 1.54) is 103 Å². The second-order valence-electron chi connectivity index (χ2n) is 8.15. The molecule has 1 heterocycles. The van der Waals surface area contributed by atoms with Crippen LogP contribution in [0.3, 0.4) is 0 Å². The van der Waals surface area contributed by atoms with Crippen LogP contribution in [0.2, 0.25) is 0 Å². The first-order chi connectivity index (χ1) is 12.7. The van der Waals surface area contributed by atoms with Crippen LogP contribution >= 0.6 is 0 Å². The molecule has 1 aliphatic heterocycles. The summed E-state index contributed by atoms with van der Waals surface area (Å²) in [6, 6.07) is 0. The summed E-state index contributed by atoms with van der Waals surface area (Å²) in [5.41, 5.74) is 0. The minimum atomic E-state index is 0.214. The summed E-state index contributed by atoms with van der Waals surface area (Å²) in [5.74, 6) is 6.86. The first-order valence-corrected chi connectivity index (χ1v) is 11.5. The summed E-state index contributed by atoms with van der Waals surface area (Å²) in [7, 11) is 0. The molecule has 0 fully saturated rings. The lowest BCUT2D eigenvalue weighted by molar-refractivity contribution is 0.144. The van der Waals surface area contributed by atoms with Crippen molar-refractivity contribution in [2.75, 3.05) is 6.54 Å². The Hall–Kier alpha value is -0.770. The maximum Gasteiger partial charge on any atom is 0.137 e. The monoisotopic (exact) mass is 366 g/mol. The number of hydrogen-bond donors (Lipinski definition) is 1. The summed E-state index contributed by atoms with van der Waals surface area (Å²) in [6.45, 7) is 7.42. The average Bonchev–Trinajstić information content (AvgIpc) is 2.88. The maximum absolute atomic E-state index is 5.93. The van der Waals surface area contributed by atoms with Crippen molar-refractivity contribution < 1.29 is 0 Å². The maximum atomic E-state index is 5.93. The highest BCUT2D eigenvalue weighted by molar-refractivity contribution is 5.80. The fraction of sp³-hybridized carbons (Fsp3) is 0.955. The molecule has 0 aromatic carbocycles. The highest BCUT2D eigenvalue weighted by atomic mass is 15.7. The van der Waals surface area contributed by atoms with E-state index in [0.717, 1.165) is 12.4 Å². The molecule has 26 heavy (non-hydrogen) atoms. The number of hydrogen-bond acceptors (Lipinski definition) is 4. The molecule has 1 unspecified atom stereocenters. The van der Waals surface area contributed by atoms with Gasteiger partial charge >= 0.3 is 0 Å². The van der Waals surface area contributed by atoms with E-state index in [1.807, 2.05) is 6.92 Å². The van der Waals surface area contributed by atoms with E-state index in [-0.39, 0.29) is 6.17 Å². The molecular weight excluding hydrogens is 320 g/mol. The average molecular weight is 367 g/mol. The van der Waals surface area contributed by atoms with Crippen LogP contribution < -0.4 is 5.84 Å². The molecular formula is C22H46N4. The topological polar surface area (TPSA) is 44.9 Å². The summed E-state index contributed by atoms with van der Waals surface area (Å²) < 4.78 is 0. The van der Waals surface area contributed by atoms with Crippen molar-refractivity contribution in [1.29, 1.82) is 0 Å². The predicted molar refractivity (Wildman–Crippen MR) is 115 cm³/mol. The standard InChI is InChI=1S/C22H46N4/c1-4-5-6-7-8-9-10-11-12-13-14-15-16-17-18-19-20-25-22(3)26(23)21(2)24-25/h22H,4-20,23H2,1-3H3. The van der Waals surface area contributed by atoms with Crippen molar-refractivity contribution in [1.82, 2.24) is 10.0 Å². The van der Waals surface area contributed by atoms with Gasteiger partial charge in [0.2, 0.25) is 0 Å². The van der Waals surface area contributed by atoms with Crippen LogP contribution in [-0.4, -0.2) is 28.6 Å². The Balaban J connectivity index is 1.76. The van der Waals surface area contributed by atoms with E-state index in [1.54, 1.807) is 5.01 Å². The Labute approximate surface area is 163 Å². The molecule has 0 spiro atoms. The lowest BCUT2D eigenvalue weighted by atomic mass is 10.0. The molecule has 1 rings (SSSR count). The zero-order valence-electron chi connectivity index (χ0n) is 18.0. The van der Waals surface area contributed by atoms with Gasteiger partial charge in [0.1, 0.15) is 12.0 Å². The number of nitrogens with zero attached hydrogens (tertiary/aromatic N) is 3. The smallest absolute Gasteiger partial charge is 0.137 e. The van der Waals surface area contributed by atoms with Gasteiger partial charge in [-0.15, -0.1) is 0 Å². The van der Waals surface area contributed by atoms with Crippen LogP contribution in [0.25, 0.3) is 0 Å². The number of unbranched alkanes of at least 4 members (excludes halogenated alkanes) is 15. The van der Waals surface area contributed by atoms with Crippen molar-refractivity contribution in [3.8, 4) is 0 Å². The molecule has 0 aliphatic carbocycles. The van der Waals surface area contributed by atoms with Crippen molar-refractivity contribution in [3.63, 3.8) is 0 Å². The van der Waals surface area contributed by atoms with E-state index >= 15 is 0 Å². The largest absolute Gasteiger partial charge is 0.273 e. The zero-order valence-corrected chi connectivity index (χ0v) is 18.0. The lowest BCUT2D eigenvalue weighted by Crippen LogP contribution is -2.44. The van der Waals surface area contributed by atoms with Crippen LogP contribution in [0, 0.1) is 0 Å². The first kappa shape index (κ1) is 23.3. The van der Waals surface area contributed by atoms with E-state index < -0.39 is 0 Å². The molecule has 0 saturated carbocycles. The van der Waals surface area contributed by atoms with Crippen LogP contribution in [0.1, 0.15) is 124 Å². The molecule has 4 nitrogen and oxygen atoms in total. The van der Waals surface area contributed by atoms with Gasteiger partial charge in [0.15, 0.2) is 0 Å². The number of rotatable bonds is 17. The van der Waals surface area contributed by atoms with Gasteiger partial charge in [0.05, 0.1) is 0 Å². The van der Waals surface area contributed by atoms with Gasteiger partial charge in [-0.2, -0.15) is 5.10 Å². The lowest BCUT2D eigenvalue weighted by Gasteiger charge is -2.24.